The van der Waals surface area contributed by atoms with Gasteiger partial charge in [0.1, 0.15) is 0 Å². The Morgan fingerprint density at radius 2 is 1.92 bits per heavy atom. The molecule has 3 rings (SSSR count). The van der Waals surface area contributed by atoms with E-state index < -0.39 is 0 Å². The van der Waals surface area contributed by atoms with Gasteiger partial charge in [-0.1, -0.05) is 24.6 Å². The number of rotatable bonds is 5. The fourth-order valence-electron chi connectivity index (χ4n) is 3.55. The molecule has 2 aromatic rings. The van der Waals surface area contributed by atoms with Crippen molar-refractivity contribution in [3.05, 3.63) is 49.8 Å². The van der Waals surface area contributed by atoms with Crippen LogP contribution in [0, 0.1) is 13.8 Å². The molecule has 0 aliphatic carbocycles. The molecule has 2 aromatic carbocycles. The average molecular weight is 326 g/mol. The molecule has 24 heavy (non-hydrogen) atoms. The predicted octanol–water partition coefficient (Wildman–Crippen LogP) is 2.85. The van der Waals surface area contributed by atoms with Gasteiger partial charge in [0.15, 0.2) is 0 Å². The molecule has 1 fully saturated rings. The van der Waals surface area contributed by atoms with Gasteiger partial charge in [0.05, 0.1) is 11.3 Å². The maximum Gasteiger partial charge on any atom is 0.250 e. The first kappa shape index (κ1) is 16.9. The monoisotopic (exact) mass is 326 g/mol. The van der Waals surface area contributed by atoms with Crippen LogP contribution < -0.4 is 16.2 Å². The summed E-state index contributed by atoms with van der Waals surface area (Å²) in [6.07, 6.45) is 3.80. The van der Waals surface area contributed by atoms with E-state index in [0.29, 0.717) is 23.8 Å². The Labute approximate surface area is 143 Å². The average Bonchev–Trinajstić information content (AvgIpc) is 2.58. The van der Waals surface area contributed by atoms with E-state index in [-0.39, 0.29) is 10.9 Å². The Kier molecular flexibility index (Phi) is 4.86. The number of benzene rings is 1. The molecule has 1 aliphatic rings. The number of likely N-dealkylation sites (tertiary alicyclic amines) is 1. The molecule has 1 N–H and O–H groups in total. The SMILES string of the molecule is Cc1ccc(-c2c(NCCN3CCCCC3C)c(=O)c2=O)cc1C. The van der Waals surface area contributed by atoms with E-state index in [0.717, 1.165) is 24.2 Å². The van der Waals surface area contributed by atoms with Gasteiger partial charge in [0.2, 0.25) is 10.9 Å². The van der Waals surface area contributed by atoms with Crippen LogP contribution in [0.2, 0.25) is 0 Å². The fraction of sp³-hybridized carbons (Fsp3) is 0.500. The maximum atomic E-state index is 12.0. The Morgan fingerprint density at radius 3 is 2.62 bits per heavy atom. The quantitative estimate of drug-likeness (QED) is 0.859. The first-order valence-corrected chi connectivity index (χ1v) is 8.88. The van der Waals surface area contributed by atoms with E-state index in [2.05, 4.69) is 17.1 Å². The third kappa shape index (κ3) is 3.16. The molecule has 0 saturated carbocycles. The molecule has 0 spiro atoms. The minimum absolute atomic E-state index is 0.368. The van der Waals surface area contributed by atoms with Gasteiger partial charge in [-0.2, -0.15) is 0 Å². The van der Waals surface area contributed by atoms with E-state index in [4.69, 9.17) is 0 Å². The Bertz CT molecular complexity index is 802. The van der Waals surface area contributed by atoms with Gasteiger partial charge in [-0.25, -0.2) is 0 Å². The lowest BCUT2D eigenvalue weighted by Gasteiger charge is -2.33. The molecule has 128 valence electrons. The van der Waals surface area contributed by atoms with Crippen LogP contribution in [0.5, 0.6) is 0 Å². The van der Waals surface area contributed by atoms with Gasteiger partial charge in [0, 0.05) is 19.1 Å². The van der Waals surface area contributed by atoms with Crippen LogP contribution in [0.1, 0.15) is 37.3 Å². The third-order valence-electron chi connectivity index (χ3n) is 5.35. The molecule has 0 bridgehead atoms. The van der Waals surface area contributed by atoms with Gasteiger partial charge in [-0.3, -0.25) is 14.5 Å². The summed E-state index contributed by atoms with van der Waals surface area (Å²) in [6.45, 7) is 9.06. The third-order valence-corrected chi connectivity index (χ3v) is 5.35. The van der Waals surface area contributed by atoms with E-state index in [1.807, 2.05) is 32.0 Å². The number of hydrogen-bond acceptors (Lipinski definition) is 4. The molecule has 0 aromatic heterocycles. The van der Waals surface area contributed by atoms with Crippen molar-refractivity contribution in [2.24, 2.45) is 0 Å². The smallest absolute Gasteiger partial charge is 0.250 e. The number of nitrogens with one attached hydrogen (secondary N) is 1. The number of piperidine rings is 1. The van der Waals surface area contributed by atoms with Crippen molar-refractivity contribution in [2.75, 3.05) is 25.0 Å². The van der Waals surface area contributed by atoms with E-state index in [1.165, 1.54) is 24.8 Å². The van der Waals surface area contributed by atoms with Crippen molar-refractivity contribution in [3.8, 4) is 11.1 Å². The van der Waals surface area contributed by atoms with Crippen LogP contribution in [-0.4, -0.2) is 30.6 Å². The molecule has 4 nitrogen and oxygen atoms in total. The number of nitrogens with zero attached hydrogens (tertiary/aromatic N) is 1. The van der Waals surface area contributed by atoms with Crippen molar-refractivity contribution >= 4 is 5.69 Å². The summed E-state index contributed by atoms with van der Waals surface area (Å²) in [5.74, 6) is 0. The maximum absolute atomic E-state index is 12.0. The Balaban J connectivity index is 1.71. The molecular weight excluding hydrogens is 300 g/mol. The second-order valence-electron chi connectivity index (χ2n) is 7.01. The molecule has 1 atom stereocenters. The lowest BCUT2D eigenvalue weighted by atomic mass is 9.95. The van der Waals surface area contributed by atoms with E-state index >= 15 is 0 Å². The molecule has 1 aliphatic heterocycles. The number of anilines is 1. The summed E-state index contributed by atoms with van der Waals surface area (Å²) in [5, 5.41) is 3.22. The van der Waals surface area contributed by atoms with Gasteiger partial charge in [0.25, 0.3) is 0 Å². The molecule has 1 unspecified atom stereocenters. The van der Waals surface area contributed by atoms with E-state index in [1.54, 1.807) is 0 Å². The summed E-state index contributed by atoms with van der Waals surface area (Å²) in [7, 11) is 0. The van der Waals surface area contributed by atoms with Crippen molar-refractivity contribution < 1.29 is 0 Å². The van der Waals surface area contributed by atoms with Gasteiger partial charge >= 0.3 is 0 Å². The highest BCUT2D eigenvalue weighted by atomic mass is 16.2. The van der Waals surface area contributed by atoms with Crippen LogP contribution >= 0.6 is 0 Å². The Morgan fingerprint density at radius 1 is 1.12 bits per heavy atom. The topological polar surface area (TPSA) is 49.4 Å². The molecular formula is C20H26N2O2. The highest BCUT2D eigenvalue weighted by Gasteiger charge is 2.23. The van der Waals surface area contributed by atoms with E-state index in [9.17, 15) is 9.59 Å². The van der Waals surface area contributed by atoms with Gasteiger partial charge in [-0.05, 0) is 56.8 Å². The van der Waals surface area contributed by atoms with Crippen LogP contribution in [0.4, 0.5) is 5.69 Å². The standard InChI is InChI=1S/C20H26N2O2/c1-13-7-8-16(12-14(13)2)17-18(20(24)19(17)23)21-9-11-22-10-5-4-6-15(22)3/h7-8,12,15,21H,4-6,9-11H2,1-3H3. The predicted molar refractivity (Wildman–Crippen MR) is 99.6 cm³/mol. The lowest BCUT2D eigenvalue weighted by Crippen LogP contribution is -2.42. The fourth-order valence-corrected chi connectivity index (χ4v) is 3.55. The second kappa shape index (κ2) is 6.89. The Hall–Kier alpha value is -1.94. The summed E-state index contributed by atoms with van der Waals surface area (Å²) < 4.78 is 0. The van der Waals surface area contributed by atoms with Crippen molar-refractivity contribution in [1.82, 2.24) is 4.90 Å². The highest BCUT2D eigenvalue weighted by Crippen LogP contribution is 2.25. The zero-order valence-corrected chi connectivity index (χ0v) is 14.8. The molecule has 0 amide bonds. The number of aryl methyl sites for hydroxylation is 2. The molecule has 0 radical (unpaired) electrons. The zero-order chi connectivity index (χ0) is 17.3. The van der Waals surface area contributed by atoms with Crippen molar-refractivity contribution in [2.45, 2.75) is 46.1 Å². The highest BCUT2D eigenvalue weighted by molar-refractivity contribution is 5.82. The second-order valence-corrected chi connectivity index (χ2v) is 7.01. The first-order valence-electron chi connectivity index (χ1n) is 8.88. The first-order chi connectivity index (χ1) is 11.5. The van der Waals surface area contributed by atoms with Crippen LogP contribution in [0.3, 0.4) is 0 Å². The summed E-state index contributed by atoms with van der Waals surface area (Å²) in [5.41, 5.74) is 3.46. The summed E-state index contributed by atoms with van der Waals surface area (Å²) in [4.78, 5) is 26.4. The van der Waals surface area contributed by atoms with Gasteiger partial charge < -0.3 is 5.32 Å². The minimum Gasteiger partial charge on any atom is -0.380 e. The van der Waals surface area contributed by atoms with Crippen LogP contribution in [0.15, 0.2) is 27.8 Å². The zero-order valence-electron chi connectivity index (χ0n) is 14.8. The van der Waals surface area contributed by atoms with Crippen molar-refractivity contribution in [3.63, 3.8) is 0 Å². The van der Waals surface area contributed by atoms with Crippen molar-refractivity contribution in [1.29, 1.82) is 0 Å². The van der Waals surface area contributed by atoms with Crippen LogP contribution in [-0.2, 0) is 0 Å². The summed E-state index contributed by atoms with van der Waals surface area (Å²) >= 11 is 0. The number of hydrogen-bond donors (Lipinski definition) is 1. The normalized spacial score (nSPS) is 18.9. The molecule has 4 heteroatoms. The summed E-state index contributed by atoms with van der Waals surface area (Å²) in [6, 6.07) is 6.52. The minimum atomic E-state index is -0.380. The lowest BCUT2D eigenvalue weighted by molar-refractivity contribution is 0.167. The van der Waals surface area contributed by atoms with Gasteiger partial charge in [-0.15, -0.1) is 0 Å². The molecule has 1 saturated heterocycles. The van der Waals surface area contributed by atoms with Crippen LogP contribution in [0.25, 0.3) is 11.1 Å². The molecule has 1 heterocycles. The largest absolute Gasteiger partial charge is 0.380 e.